The van der Waals surface area contributed by atoms with Crippen LogP contribution < -0.4 is 10.1 Å². The lowest BCUT2D eigenvalue weighted by atomic mass is 9.88. The zero-order chi connectivity index (χ0) is 23.9. The number of benzene rings is 1. The summed E-state index contributed by atoms with van der Waals surface area (Å²) in [5, 5.41) is 13.4. The Hall–Kier alpha value is -3.05. The minimum absolute atomic E-state index is 0.113. The number of likely N-dealkylation sites (tertiary alicyclic amines) is 1. The molecule has 1 N–H and O–H groups in total. The number of rotatable bonds is 8. The Morgan fingerprint density at radius 2 is 2.06 bits per heavy atom. The van der Waals surface area contributed by atoms with Gasteiger partial charge in [0.15, 0.2) is 0 Å². The van der Waals surface area contributed by atoms with E-state index in [0.29, 0.717) is 36.6 Å². The van der Waals surface area contributed by atoms with Crippen LogP contribution in [-0.2, 0) is 28.8 Å². The van der Waals surface area contributed by atoms with E-state index in [4.69, 9.17) is 9.47 Å². The van der Waals surface area contributed by atoms with Gasteiger partial charge in [0, 0.05) is 24.4 Å². The van der Waals surface area contributed by atoms with Crippen molar-refractivity contribution in [1.82, 2.24) is 4.90 Å². The molecule has 0 radical (unpaired) electrons. The maximum Gasteiger partial charge on any atom is 0.409 e. The predicted octanol–water partition coefficient (Wildman–Crippen LogP) is 4.93. The van der Waals surface area contributed by atoms with Gasteiger partial charge in [0.1, 0.15) is 16.8 Å². The SMILES string of the molecule is CCOc1ccccc1CCC(=O)Nc1sc2c(c1C#N)CCC(COC(=O)N1CCCC1)C2. The zero-order valence-electron chi connectivity index (χ0n) is 19.6. The molecule has 1 fully saturated rings. The summed E-state index contributed by atoms with van der Waals surface area (Å²) in [4.78, 5) is 27.8. The molecule has 0 saturated carbocycles. The fourth-order valence-corrected chi connectivity index (χ4v) is 5.96. The molecule has 7 nitrogen and oxygen atoms in total. The van der Waals surface area contributed by atoms with Gasteiger partial charge in [0.25, 0.3) is 0 Å². The fraction of sp³-hybridized carbons (Fsp3) is 0.500. The molecule has 34 heavy (non-hydrogen) atoms. The number of hydrogen-bond acceptors (Lipinski definition) is 6. The third kappa shape index (κ3) is 5.71. The maximum absolute atomic E-state index is 12.7. The number of hydrogen-bond donors (Lipinski definition) is 1. The Bertz CT molecular complexity index is 1070. The highest BCUT2D eigenvalue weighted by atomic mass is 32.1. The molecule has 1 aliphatic heterocycles. The Kier molecular flexibility index (Phi) is 8.07. The minimum atomic E-state index is -0.217. The Labute approximate surface area is 204 Å². The number of thiophene rings is 1. The molecule has 8 heteroatoms. The highest BCUT2D eigenvalue weighted by molar-refractivity contribution is 7.16. The van der Waals surface area contributed by atoms with Gasteiger partial charge < -0.3 is 19.7 Å². The van der Waals surface area contributed by atoms with E-state index < -0.39 is 0 Å². The van der Waals surface area contributed by atoms with Crippen LogP contribution in [0.5, 0.6) is 5.75 Å². The van der Waals surface area contributed by atoms with Crippen molar-refractivity contribution < 1.29 is 19.1 Å². The third-order valence-corrected chi connectivity index (χ3v) is 7.60. The zero-order valence-corrected chi connectivity index (χ0v) is 20.4. The standard InChI is InChI=1S/C26H31N3O4S/c1-2-32-22-8-4-3-7-19(22)10-12-24(30)28-25-21(16-27)20-11-9-18(15-23(20)34-25)17-33-26(31)29-13-5-6-14-29/h3-4,7-8,18H,2,5-6,9-15,17H2,1H3,(H,28,30). The molecule has 1 aromatic carbocycles. The molecule has 180 valence electrons. The van der Waals surface area contributed by atoms with Gasteiger partial charge in [-0.3, -0.25) is 4.79 Å². The van der Waals surface area contributed by atoms with E-state index in [1.54, 1.807) is 4.90 Å². The van der Waals surface area contributed by atoms with Crippen LogP contribution in [0.4, 0.5) is 9.80 Å². The van der Waals surface area contributed by atoms with E-state index in [-0.39, 0.29) is 17.9 Å². The first kappa shape index (κ1) is 24.1. The van der Waals surface area contributed by atoms with Crippen molar-refractivity contribution in [3.63, 3.8) is 0 Å². The number of para-hydroxylation sites is 1. The molecule has 2 aromatic rings. The number of carbonyl (C=O) groups excluding carboxylic acids is 2. The van der Waals surface area contributed by atoms with Gasteiger partial charge in [0.05, 0.1) is 18.8 Å². The second-order valence-electron chi connectivity index (χ2n) is 8.79. The van der Waals surface area contributed by atoms with Crippen LogP contribution >= 0.6 is 11.3 Å². The number of nitriles is 1. The highest BCUT2D eigenvalue weighted by Crippen LogP contribution is 2.39. The van der Waals surface area contributed by atoms with Gasteiger partial charge >= 0.3 is 6.09 Å². The first-order valence-corrected chi connectivity index (χ1v) is 12.9. The summed E-state index contributed by atoms with van der Waals surface area (Å²) in [6.07, 6.45) is 5.14. The van der Waals surface area contributed by atoms with Gasteiger partial charge in [0.2, 0.25) is 5.91 Å². The molecule has 1 aliphatic carbocycles. The van der Waals surface area contributed by atoms with Crippen LogP contribution in [0.2, 0.25) is 0 Å². The molecule has 2 aliphatic rings. The molecule has 2 amide bonds. The molecule has 4 rings (SSSR count). The number of ether oxygens (including phenoxy) is 2. The monoisotopic (exact) mass is 481 g/mol. The summed E-state index contributed by atoms with van der Waals surface area (Å²) in [5.41, 5.74) is 2.61. The van der Waals surface area contributed by atoms with E-state index in [9.17, 15) is 14.9 Å². The molecule has 1 atom stereocenters. The number of nitrogens with one attached hydrogen (secondary N) is 1. The summed E-state index contributed by atoms with van der Waals surface area (Å²) >= 11 is 1.48. The molecule has 2 heterocycles. The summed E-state index contributed by atoms with van der Waals surface area (Å²) in [6, 6.07) is 10.0. The molecule has 1 saturated heterocycles. The fourth-order valence-electron chi connectivity index (χ4n) is 4.63. The molecule has 0 bridgehead atoms. The van der Waals surface area contributed by atoms with Crippen LogP contribution in [0, 0.1) is 17.2 Å². The van der Waals surface area contributed by atoms with Gasteiger partial charge in [-0.15, -0.1) is 11.3 Å². The highest BCUT2D eigenvalue weighted by Gasteiger charge is 2.28. The van der Waals surface area contributed by atoms with Crippen molar-refractivity contribution in [2.45, 2.75) is 51.9 Å². The number of carbonyl (C=O) groups is 2. The van der Waals surface area contributed by atoms with Crippen molar-refractivity contribution in [3.05, 3.63) is 45.8 Å². The Balaban J connectivity index is 1.34. The van der Waals surface area contributed by atoms with Crippen LogP contribution in [0.15, 0.2) is 24.3 Å². The van der Waals surface area contributed by atoms with E-state index in [2.05, 4.69) is 11.4 Å². The average Bonchev–Trinajstić information content (AvgIpc) is 3.50. The molecular weight excluding hydrogens is 450 g/mol. The third-order valence-electron chi connectivity index (χ3n) is 6.43. The van der Waals surface area contributed by atoms with Gasteiger partial charge in [-0.05, 0) is 68.6 Å². The summed E-state index contributed by atoms with van der Waals surface area (Å²) < 4.78 is 11.2. The first-order chi connectivity index (χ1) is 16.6. The molecular formula is C26H31N3O4S. The topological polar surface area (TPSA) is 91.7 Å². The normalized spacial score (nSPS) is 17.1. The lowest BCUT2D eigenvalue weighted by molar-refractivity contribution is -0.116. The number of amides is 2. The maximum atomic E-state index is 12.7. The van der Waals surface area contributed by atoms with E-state index in [1.807, 2.05) is 31.2 Å². The number of nitrogens with zero attached hydrogens (tertiary/aromatic N) is 2. The van der Waals surface area contributed by atoms with Gasteiger partial charge in [-0.25, -0.2) is 4.79 Å². The number of fused-ring (bicyclic) bond motifs is 1. The van der Waals surface area contributed by atoms with Gasteiger partial charge in [-0.2, -0.15) is 5.26 Å². The summed E-state index contributed by atoms with van der Waals surface area (Å²) in [5.74, 6) is 0.930. The Morgan fingerprint density at radius 3 is 2.82 bits per heavy atom. The van der Waals surface area contributed by atoms with E-state index in [0.717, 1.165) is 66.9 Å². The summed E-state index contributed by atoms with van der Waals surface area (Å²) in [6.45, 7) is 4.48. The van der Waals surface area contributed by atoms with E-state index in [1.165, 1.54) is 11.3 Å². The first-order valence-electron chi connectivity index (χ1n) is 12.1. The van der Waals surface area contributed by atoms with Crippen LogP contribution in [0.1, 0.15) is 54.2 Å². The summed E-state index contributed by atoms with van der Waals surface area (Å²) in [7, 11) is 0. The number of anilines is 1. The smallest absolute Gasteiger partial charge is 0.409 e. The lowest BCUT2D eigenvalue weighted by Crippen LogP contribution is -2.30. The van der Waals surface area contributed by atoms with Crippen molar-refractivity contribution in [3.8, 4) is 11.8 Å². The van der Waals surface area contributed by atoms with Crippen molar-refractivity contribution in [1.29, 1.82) is 5.26 Å². The van der Waals surface area contributed by atoms with Crippen LogP contribution in [0.25, 0.3) is 0 Å². The van der Waals surface area contributed by atoms with Crippen molar-refractivity contribution in [2.75, 3.05) is 31.6 Å². The van der Waals surface area contributed by atoms with Crippen molar-refractivity contribution >= 4 is 28.3 Å². The predicted molar refractivity (Wildman–Crippen MR) is 131 cm³/mol. The number of aryl methyl sites for hydroxylation is 1. The average molecular weight is 482 g/mol. The largest absolute Gasteiger partial charge is 0.494 e. The Morgan fingerprint density at radius 1 is 1.26 bits per heavy atom. The van der Waals surface area contributed by atoms with E-state index >= 15 is 0 Å². The molecule has 0 spiro atoms. The minimum Gasteiger partial charge on any atom is -0.494 e. The van der Waals surface area contributed by atoms with Crippen LogP contribution in [0.3, 0.4) is 0 Å². The van der Waals surface area contributed by atoms with Crippen molar-refractivity contribution in [2.24, 2.45) is 5.92 Å². The quantitative estimate of drug-likeness (QED) is 0.577. The molecule has 1 unspecified atom stereocenters. The molecule has 1 aromatic heterocycles. The second-order valence-corrected chi connectivity index (χ2v) is 9.89. The second kappa shape index (κ2) is 11.4. The van der Waals surface area contributed by atoms with Crippen LogP contribution in [-0.4, -0.2) is 43.2 Å². The lowest BCUT2D eigenvalue weighted by Gasteiger charge is -2.23. The van der Waals surface area contributed by atoms with Gasteiger partial charge in [-0.1, -0.05) is 18.2 Å².